The van der Waals surface area contributed by atoms with Crippen LogP contribution in [0.2, 0.25) is 0 Å². The molecule has 0 unspecified atom stereocenters. The largest absolute Gasteiger partial charge is 0.444 e. The molecule has 178 valence electrons. The van der Waals surface area contributed by atoms with Crippen LogP contribution in [0.4, 0.5) is 0 Å². The Morgan fingerprint density at radius 3 is 1.33 bits per heavy atom. The lowest BCUT2D eigenvalue weighted by atomic mass is 9.87. The van der Waals surface area contributed by atoms with Crippen molar-refractivity contribution in [3.8, 4) is 34.0 Å². The van der Waals surface area contributed by atoms with Crippen LogP contribution < -0.4 is 0 Å². The van der Waals surface area contributed by atoms with Crippen LogP contribution in [0.3, 0.4) is 0 Å². The van der Waals surface area contributed by atoms with Crippen LogP contribution in [0.1, 0.15) is 50.9 Å². The topological polar surface area (TPSA) is 52.1 Å². The van der Waals surface area contributed by atoms with Gasteiger partial charge in [0.2, 0.25) is 11.8 Å². The van der Waals surface area contributed by atoms with E-state index in [1.165, 1.54) is 0 Å². The van der Waals surface area contributed by atoms with Crippen molar-refractivity contribution in [1.29, 1.82) is 0 Å². The summed E-state index contributed by atoms with van der Waals surface area (Å²) >= 11 is 0. The van der Waals surface area contributed by atoms with Crippen molar-refractivity contribution in [3.05, 3.63) is 96.7 Å². The Morgan fingerprint density at radius 1 is 0.528 bits per heavy atom. The highest BCUT2D eigenvalue weighted by Crippen LogP contribution is 2.45. The molecule has 4 aromatic carbocycles. The summed E-state index contributed by atoms with van der Waals surface area (Å²) in [5.74, 6) is 1.80. The van der Waals surface area contributed by atoms with E-state index in [0.717, 1.165) is 55.2 Å². The first kappa shape index (κ1) is 22.3. The first-order chi connectivity index (χ1) is 17.5. The number of hydrogen-bond donors (Lipinski definition) is 0. The third kappa shape index (κ3) is 3.70. The molecule has 4 nitrogen and oxygen atoms in total. The minimum Gasteiger partial charge on any atom is -0.444 e. The molecule has 0 atom stereocenters. The average Bonchev–Trinajstić information content (AvgIpc) is 3.58. The molecule has 2 heterocycles. The lowest BCUT2D eigenvalue weighted by Crippen LogP contribution is -1.94. The minimum atomic E-state index is 0.279. The molecule has 0 bridgehead atoms. The number of rotatable bonds is 5. The monoisotopic (exact) mass is 472 g/mol. The molecule has 6 rings (SSSR count). The summed E-state index contributed by atoms with van der Waals surface area (Å²) in [7, 11) is 0. The maximum absolute atomic E-state index is 6.07. The summed E-state index contributed by atoms with van der Waals surface area (Å²) in [4.78, 5) is 9.75. The molecule has 0 aliphatic carbocycles. The van der Waals surface area contributed by atoms with Gasteiger partial charge in [0.15, 0.2) is 0 Å². The quantitative estimate of drug-likeness (QED) is 0.251. The van der Waals surface area contributed by atoms with Crippen LogP contribution in [-0.2, 0) is 0 Å². The Kier molecular flexibility index (Phi) is 5.45. The summed E-state index contributed by atoms with van der Waals surface area (Å²) in [6.07, 6.45) is 3.54. The number of fused-ring (bicyclic) bond motifs is 2. The van der Waals surface area contributed by atoms with Gasteiger partial charge in [0.25, 0.3) is 0 Å². The van der Waals surface area contributed by atoms with Crippen molar-refractivity contribution in [3.63, 3.8) is 0 Å². The van der Waals surface area contributed by atoms with E-state index in [9.17, 15) is 0 Å². The van der Waals surface area contributed by atoms with E-state index in [0.29, 0.717) is 11.8 Å². The fraction of sp³-hybridized carbons (Fsp3) is 0.188. The zero-order chi connectivity index (χ0) is 24.8. The second kappa shape index (κ2) is 8.80. The third-order valence-electron chi connectivity index (χ3n) is 6.80. The van der Waals surface area contributed by atoms with Gasteiger partial charge < -0.3 is 8.83 Å². The van der Waals surface area contributed by atoms with E-state index in [4.69, 9.17) is 18.8 Å². The predicted octanol–water partition coefficient (Wildman–Crippen LogP) is 9.22. The van der Waals surface area contributed by atoms with Crippen molar-refractivity contribution in [2.45, 2.75) is 39.5 Å². The van der Waals surface area contributed by atoms with Gasteiger partial charge in [0.1, 0.15) is 12.5 Å². The van der Waals surface area contributed by atoms with Gasteiger partial charge >= 0.3 is 0 Å². The number of aromatic nitrogens is 2. The molecule has 4 heteroatoms. The van der Waals surface area contributed by atoms with Gasteiger partial charge in [-0.15, -0.1) is 0 Å². The maximum Gasteiger partial charge on any atom is 0.226 e. The smallest absolute Gasteiger partial charge is 0.226 e. The molecule has 0 radical (unpaired) electrons. The van der Waals surface area contributed by atoms with Gasteiger partial charge in [-0.05, 0) is 45.5 Å². The molecule has 0 aliphatic rings. The maximum atomic E-state index is 6.07. The zero-order valence-corrected chi connectivity index (χ0v) is 20.9. The van der Waals surface area contributed by atoms with Gasteiger partial charge in [-0.1, -0.05) is 88.4 Å². The zero-order valence-electron chi connectivity index (χ0n) is 20.9. The fourth-order valence-corrected chi connectivity index (χ4v) is 4.79. The lowest BCUT2D eigenvalue weighted by molar-refractivity contribution is 0.570. The average molecular weight is 473 g/mol. The second-order valence-corrected chi connectivity index (χ2v) is 9.88. The highest BCUT2D eigenvalue weighted by molar-refractivity contribution is 6.13. The normalized spacial score (nSPS) is 11.8. The van der Waals surface area contributed by atoms with Crippen LogP contribution in [-0.4, -0.2) is 9.97 Å². The molecular formula is C32H28N2O2. The number of benzene rings is 4. The molecule has 0 fully saturated rings. The van der Waals surface area contributed by atoms with Crippen LogP contribution >= 0.6 is 0 Å². The van der Waals surface area contributed by atoms with Gasteiger partial charge in [0, 0.05) is 22.3 Å². The minimum absolute atomic E-state index is 0.279. The van der Waals surface area contributed by atoms with Gasteiger partial charge in [-0.25, -0.2) is 9.97 Å². The second-order valence-electron chi connectivity index (χ2n) is 9.88. The Bertz CT molecular complexity index is 1580. The molecule has 0 saturated carbocycles. The van der Waals surface area contributed by atoms with Gasteiger partial charge in [-0.3, -0.25) is 0 Å². The number of nitrogens with zero attached hydrogens (tertiary/aromatic N) is 2. The first-order valence-corrected chi connectivity index (χ1v) is 12.5. The molecule has 6 aromatic rings. The van der Waals surface area contributed by atoms with Crippen molar-refractivity contribution < 1.29 is 8.83 Å². The van der Waals surface area contributed by atoms with E-state index in [2.05, 4.69) is 100 Å². The van der Waals surface area contributed by atoms with Crippen molar-refractivity contribution in [2.75, 3.05) is 0 Å². The number of hydrogen-bond acceptors (Lipinski definition) is 4. The SMILES string of the molecule is CC(C)c1coc(-c2ccc3ccccc3c2-c2c(-c3nc(C(C)C)co3)ccc3ccccc23)n1. The van der Waals surface area contributed by atoms with Gasteiger partial charge in [0.05, 0.1) is 11.4 Å². The summed E-state index contributed by atoms with van der Waals surface area (Å²) in [5.41, 5.74) is 5.93. The van der Waals surface area contributed by atoms with E-state index >= 15 is 0 Å². The number of oxazole rings is 2. The third-order valence-corrected chi connectivity index (χ3v) is 6.80. The Morgan fingerprint density at radius 2 is 0.944 bits per heavy atom. The standard InChI is InChI=1S/C32H28N2O2/c1-19(2)27-17-35-31(33-27)25-15-13-21-9-5-7-11-23(21)29(25)30-24-12-8-6-10-22(24)14-16-26(30)32-34-28(18-36-32)20(3)4/h5-20H,1-4H3. The summed E-state index contributed by atoms with van der Waals surface area (Å²) in [6, 6.07) is 25.4. The summed E-state index contributed by atoms with van der Waals surface area (Å²) in [6.45, 7) is 8.50. The molecular weight excluding hydrogens is 444 g/mol. The molecule has 0 spiro atoms. The predicted molar refractivity (Wildman–Crippen MR) is 146 cm³/mol. The highest BCUT2D eigenvalue weighted by Gasteiger charge is 2.23. The highest BCUT2D eigenvalue weighted by atomic mass is 16.3. The molecule has 0 amide bonds. The van der Waals surface area contributed by atoms with Crippen molar-refractivity contribution >= 4 is 21.5 Å². The molecule has 0 saturated heterocycles. The van der Waals surface area contributed by atoms with Crippen LogP contribution in [0.5, 0.6) is 0 Å². The van der Waals surface area contributed by atoms with Crippen molar-refractivity contribution in [1.82, 2.24) is 9.97 Å². The van der Waals surface area contributed by atoms with E-state index < -0.39 is 0 Å². The van der Waals surface area contributed by atoms with Gasteiger partial charge in [-0.2, -0.15) is 0 Å². The molecule has 2 aromatic heterocycles. The van der Waals surface area contributed by atoms with E-state index in [1.54, 1.807) is 12.5 Å². The molecule has 0 aliphatic heterocycles. The Labute approximate surface area is 210 Å². The van der Waals surface area contributed by atoms with Crippen molar-refractivity contribution in [2.24, 2.45) is 0 Å². The molecule has 0 N–H and O–H groups in total. The summed E-state index contributed by atoms with van der Waals surface area (Å²) < 4.78 is 12.1. The molecule has 36 heavy (non-hydrogen) atoms. The lowest BCUT2D eigenvalue weighted by Gasteiger charge is -2.17. The first-order valence-electron chi connectivity index (χ1n) is 12.5. The summed E-state index contributed by atoms with van der Waals surface area (Å²) in [5, 5.41) is 4.57. The van der Waals surface area contributed by atoms with Crippen LogP contribution in [0, 0.1) is 0 Å². The van der Waals surface area contributed by atoms with Crippen LogP contribution in [0.15, 0.2) is 94.2 Å². The van der Waals surface area contributed by atoms with E-state index in [-0.39, 0.29) is 11.8 Å². The Balaban J connectivity index is 1.74. The van der Waals surface area contributed by atoms with Crippen LogP contribution in [0.25, 0.3) is 55.6 Å². The Hall–Kier alpha value is -4.18. The fourth-order valence-electron chi connectivity index (χ4n) is 4.79. The van der Waals surface area contributed by atoms with E-state index in [1.807, 2.05) is 0 Å².